The Hall–Kier alpha value is -1.95. The van der Waals surface area contributed by atoms with E-state index in [0.29, 0.717) is 5.92 Å². The van der Waals surface area contributed by atoms with Gasteiger partial charge in [-0.2, -0.15) is 13.2 Å². The van der Waals surface area contributed by atoms with Crippen LogP contribution in [0.1, 0.15) is 67.0 Å². The van der Waals surface area contributed by atoms with E-state index in [9.17, 15) is 13.2 Å². The van der Waals surface area contributed by atoms with E-state index in [0.717, 1.165) is 68.7 Å². The van der Waals surface area contributed by atoms with Gasteiger partial charge in [0.05, 0.1) is 21.3 Å². The zero-order valence-electron chi connectivity index (χ0n) is 17.9. The molecular formula is C24H27F3N2S. The lowest BCUT2D eigenvalue weighted by molar-refractivity contribution is -0.210. The molecule has 1 saturated carbocycles. The summed E-state index contributed by atoms with van der Waals surface area (Å²) < 4.78 is 42.0. The van der Waals surface area contributed by atoms with E-state index in [1.807, 2.05) is 13.8 Å². The third-order valence-corrected chi connectivity index (χ3v) is 7.41. The number of nitrogens with zero attached hydrogens (tertiary/aromatic N) is 2. The van der Waals surface area contributed by atoms with Crippen molar-refractivity contribution in [1.82, 2.24) is 9.97 Å². The highest BCUT2D eigenvalue weighted by Crippen LogP contribution is 2.49. The molecule has 0 radical (unpaired) electrons. The van der Waals surface area contributed by atoms with Crippen molar-refractivity contribution < 1.29 is 13.2 Å². The second-order valence-corrected chi connectivity index (χ2v) is 10.4. The second kappa shape index (κ2) is 7.63. The maximum Gasteiger partial charge on any atom is 0.394 e. The van der Waals surface area contributed by atoms with Crippen LogP contribution in [0.4, 0.5) is 13.2 Å². The Balaban J connectivity index is 1.92. The number of halogens is 3. The van der Waals surface area contributed by atoms with E-state index in [-0.39, 0.29) is 6.42 Å². The number of hydrogen-bond donors (Lipinski definition) is 0. The standard InChI is InChI=1S/C24H27F3N2S/c1-14-9-15(2)11-17(10-14)20-22-21(29-13-28-20)19(16-7-5-6-8-16)18(30-22)12-23(3,4)24(25,26)27/h9-11,13,16H,5-8,12H2,1-4H3. The molecule has 160 valence electrons. The summed E-state index contributed by atoms with van der Waals surface area (Å²) >= 11 is 1.46. The summed E-state index contributed by atoms with van der Waals surface area (Å²) in [6.45, 7) is 6.69. The molecular weight excluding hydrogens is 405 g/mol. The summed E-state index contributed by atoms with van der Waals surface area (Å²) in [5.41, 5.74) is 4.22. The van der Waals surface area contributed by atoms with Crippen molar-refractivity contribution in [2.24, 2.45) is 5.41 Å². The first kappa shape index (κ1) is 21.3. The number of thiophene rings is 1. The highest BCUT2D eigenvalue weighted by atomic mass is 32.1. The molecule has 0 saturated heterocycles. The minimum absolute atomic E-state index is 0.0182. The number of aromatic nitrogens is 2. The van der Waals surface area contributed by atoms with Crippen LogP contribution in [0.25, 0.3) is 21.5 Å². The minimum Gasteiger partial charge on any atom is -0.235 e. The smallest absolute Gasteiger partial charge is 0.235 e. The monoisotopic (exact) mass is 432 g/mol. The van der Waals surface area contributed by atoms with Crippen LogP contribution in [-0.2, 0) is 6.42 Å². The zero-order chi connectivity index (χ0) is 21.7. The first-order valence-corrected chi connectivity index (χ1v) is 11.3. The molecule has 6 heteroatoms. The van der Waals surface area contributed by atoms with Gasteiger partial charge >= 0.3 is 6.18 Å². The fourth-order valence-electron chi connectivity index (χ4n) is 4.56. The van der Waals surface area contributed by atoms with Gasteiger partial charge in [-0.1, -0.05) is 43.9 Å². The Bertz CT molecular complexity index is 1060. The number of aryl methyl sites for hydroxylation is 2. The summed E-state index contributed by atoms with van der Waals surface area (Å²) in [7, 11) is 0. The summed E-state index contributed by atoms with van der Waals surface area (Å²) in [4.78, 5) is 9.97. The Morgan fingerprint density at radius 3 is 2.23 bits per heavy atom. The van der Waals surface area contributed by atoms with E-state index in [4.69, 9.17) is 0 Å². The number of rotatable bonds is 4. The van der Waals surface area contributed by atoms with Crippen LogP contribution in [-0.4, -0.2) is 16.1 Å². The number of benzene rings is 1. The molecule has 2 nitrogen and oxygen atoms in total. The van der Waals surface area contributed by atoms with Gasteiger partial charge in [-0.25, -0.2) is 9.97 Å². The van der Waals surface area contributed by atoms with E-state index in [1.165, 1.54) is 25.2 Å². The first-order chi connectivity index (χ1) is 14.1. The minimum atomic E-state index is -4.25. The summed E-state index contributed by atoms with van der Waals surface area (Å²) in [6.07, 6.45) is 1.59. The lowest BCUT2D eigenvalue weighted by atomic mass is 9.84. The van der Waals surface area contributed by atoms with Gasteiger partial charge in [-0.3, -0.25) is 0 Å². The fourth-order valence-corrected chi connectivity index (χ4v) is 6.14. The van der Waals surface area contributed by atoms with Crippen molar-refractivity contribution in [3.05, 3.63) is 46.1 Å². The summed E-state index contributed by atoms with van der Waals surface area (Å²) in [5, 5.41) is 0. The van der Waals surface area contributed by atoms with Crippen molar-refractivity contribution >= 4 is 21.6 Å². The van der Waals surface area contributed by atoms with Gasteiger partial charge in [0.25, 0.3) is 0 Å². The number of hydrogen-bond acceptors (Lipinski definition) is 3. The Kier molecular flexibility index (Phi) is 5.41. The summed E-state index contributed by atoms with van der Waals surface area (Å²) in [5.74, 6) is 0.291. The van der Waals surface area contributed by atoms with Crippen LogP contribution in [0, 0.1) is 19.3 Å². The largest absolute Gasteiger partial charge is 0.394 e. The van der Waals surface area contributed by atoms with E-state index < -0.39 is 11.6 Å². The lowest BCUT2D eigenvalue weighted by Crippen LogP contribution is -2.34. The van der Waals surface area contributed by atoms with Crippen LogP contribution in [0.2, 0.25) is 0 Å². The van der Waals surface area contributed by atoms with Gasteiger partial charge in [-0.15, -0.1) is 11.3 Å². The predicted octanol–water partition coefficient (Wildman–Crippen LogP) is 7.76. The van der Waals surface area contributed by atoms with Crippen molar-refractivity contribution in [2.75, 3.05) is 0 Å². The average molecular weight is 433 g/mol. The predicted molar refractivity (Wildman–Crippen MR) is 117 cm³/mol. The molecule has 0 atom stereocenters. The molecule has 30 heavy (non-hydrogen) atoms. The molecule has 0 spiro atoms. The average Bonchev–Trinajstić information content (AvgIpc) is 3.26. The second-order valence-electron chi connectivity index (χ2n) is 9.26. The lowest BCUT2D eigenvalue weighted by Gasteiger charge is -2.28. The van der Waals surface area contributed by atoms with Crippen LogP contribution < -0.4 is 0 Å². The fraction of sp³-hybridized carbons (Fsp3) is 0.500. The maximum atomic E-state index is 13.7. The van der Waals surface area contributed by atoms with Crippen molar-refractivity contribution in [2.45, 2.75) is 71.9 Å². The Labute approximate surface area is 179 Å². The maximum absolute atomic E-state index is 13.7. The van der Waals surface area contributed by atoms with Gasteiger partial charge in [0.1, 0.15) is 6.33 Å². The molecule has 2 aromatic heterocycles. The normalized spacial score (nSPS) is 16.0. The van der Waals surface area contributed by atoms with Crippen molar-refractivity contribution in [3.8, 4) is 11.3 Å². The van der Waals surface area contributed by atoms with E-state index in [2.05, 4.69) is 28.2 Å². The van der Waals surface area contributed by atoms with Gasteiger partial charge in [0.2, 0.25) is 0 Å². The summed E-state index contributed by atoms with van der Waals surface area (Å²) in [6, 6.07) is 6.28. The molecule has 0 amide bonds. The molecule has 1 fully saturated rings. The third kappa shape index (κ3) is 3.86. The quantitative estimate of drug-likeness (QED) is 0.421. The van der Waals surface area contributed by atoms with Crippen molar-refractivity contribution in [3.63, 3.8) is 0 Å². The number of alkyl halides is 3. The van der Waals surface area contributed by atoms with Gasteiger partial charge in [0, 0.05) is 10.4 Å². The van der Waals surface area contributed by atoms with E-state index in [1.54, 1.807) is 6.33 Å². The number of fused-ring (bicyclic) bond motifs is 1. The van der Waals surface area contributed by atoms with Crippen LogP contribution in [0.3, 0.4) is 0 Å². The molecule has 0 N–H and O–H groups in total. The molecule has 0 aliphatic heterocycles. The third-order valence-electron chi connectivity index (χ3n) is 6.21. The molecule has 4 rings (SSSR count). The molecule has 2 heterocycles. The van der Waals surface area contributed by atoms with Crippen LogP contribution in [0.5, 0.6) is 0 Å². The van der Waals surface area contributed by atoms with E-state index >= 15 is 0 Å². The van der Waals surface area contributed by atoms with Crippen LogP contribution in [0.15, 0.2) is 24.5 Å². The van der Waals surface area contributed by atoms with Crippen molar-refractivity contribution in [1.29, 1.82) is 0 Å². The molecule has 1 aliphatic rings. The van der Waals surface area contributed by atoms with Gasteiger partial charge in [0.15, 0.2) is 0 Å². The molecule has 1 aromatic carbocycles. The van der Waals surface area contributed by atoms with Gasteiger partial charge in [-0.05, 0) is 56.7 Å². The molecule has 0 bridgehead atoms. The molecule has 0 unspecified atom stereocenters. The zero-order valence-corrected chi connectivity index (χ0v) is 18.7. The highest BCUT2D eigenvalue weighted by molar-refractivity contribution is 7.19. The highest BCUT2D eigenvalue weighted by Gasteiger charge is 2.48. The Morgan fingerprint density at radius 1 is 1.00 bits per heavy atom. The molecule has 3 aromatic rings. The van der Waals surface area contributed by atoms with Gasteiger partial charge < -0.3 is 0 Å². The topological polar surface area (TPSA) is 25.8 Å². The SMILES string of the molecule is Cc1cc(C)cc(-c2ncnc3c(C4CCCC4)c(CC(C)(C)C(F)(F)F)sc23)c1. The first-order valence-electron chi connectivity index (χ1n) is 10.5. The van der Waals surface area contributed by atoms with Crippen LogP contribution >= 0.6 is 11.3 Å². The Morgan fingerprint density at radius 2 is 1.63 bits per heavy atom. The molecule has 1 aliphatic carbocycles.